The van der Waals surface area contributed by atoms with Crippen molar-refractivity contribution in [3.8, 4) is 0 Å². The van der Waals surface area contributed by atoms with E-state index in [0.717, 1.165) is 24.7 Å². The van der Waals surface area contributed by atoms with Gasteiger partial charge in [0.25, 0.3) is 0 Å². The zero-order chi connectivity index (χ0) is 11.3. The average molecular weight is 205 g/mol. The van der Waals surface area contributed by atoms with Gasteiger partial charge in [-0.2, -0.15) is 0 Å². The van der Waals surface area contributed by atoms with E-state index in [1.165, 1.54) is 17.5 Å². The fraction of sp³-hybridized carbons (Fsp3) is 0.538. The van der Waals surface area contributed by atoms with Gasteiger partial charge in [-0.1, -0.05) is 27.2 Å². The molecule has 0 atom stereocenters. The summed E-state index contributed by atoms with van der Waals surface area (Å²) in [5.41, 5.74) is 3.16. The van der Waals surface area contributed by atoms with Gasteiger partial charge in [-0.05, 0) is 29.9 Å². The summed E-state index contributed by atoms with van der Waals surface area (Å²) < 4.78 is 0. The smallest absolute Gasteiger partial charge is 0.151 e. The maximum atomic E-state index is 10.9. The molecule has 1 aromatic rings. The zero-order valence-corrected chi connectivity index (χ0v) is 9.79. The molecule has 0 N–H and O–H groups in total. The Morgan fingerprint density at radius 2 is 2.13 bits per heavy atom. The van der Waals surface area contributed by atoms with E-state index in [4.69, 9.17) is 0 Å². The number of carbonyl (C=O) groups is 1. The maximum absolute atomic E-state index is 10.9. The van der Waals surface area contributed by atoms with Crippen LogP contribution in [0.5, 0.6) is 0 Å². The van der Waals surface area contributed by atoms with Crippen molar-refractivity contribution in [1.82, 2.24) is 4.98 Å². The van der Waals surface area contributed by atoms with Crippen LogP contribution < -0.4 is 0 Å². The minimum Gasteiger partial charge on any atom is -0.298 e. The third kappa shape index (κ3) is 2.88. The van der Waals surface area contributed by atoms with Gasteiger partial charge in [0.2, 0.25) is 0 Å². The lowest BCUT2D eigenvalue weighted by Gasteiger charge is -2.14. The van der Waals surface area contributed by atoms with Gasteiger partial charge in [0, 0.05) is 18.0 Å². The second-order valence-corrected chi connectivity index (χ2v) is 4.18. The second kappa shape index (κ2) is 5.64. The fourth-order valence-electron chi connectivity index (χ4n) is 1.90. The number of pyridine rings is 1. The molecule has 0 spiro atoms. The molecule has 0 aliphatic carbocycles. The molecule has 0 unspecified atom stereocenters. The Balaban J connectivity index is 3.07. The maximum Gasteiger partial charge on any atom is 0.151 e. The third-order valence-electron chi connectivity index (χ3n) is 2.60. The van der Waals surface area contributed by atoms with Crippen LogP contribution in [0, 0.1) is 0 Å². The number of rotatable bonds is 5. The van der Waals surface area contributed by atoms with Crippen LogP contribution in [0.2, 0.25) is 0 Å². The minimum absolute atomic E-state index is 0.389. The number of hydrogen-bond donors (Lipinski definition) is 0. The first-order valence-corrected chi connectivity index (χ1v) is 5.62. The standard InChI is InChI=1S/C13H19NO/c1-4-5-6-11-7-14-8-12(9-15)13(11)10(2)3/h7-10H,4-6H2,1-3H3. The molecule has 82 valence electrons. The molecule has 0 amide bonds. The fourth-order valence-corrected chi connectivity index (χ4v) is 1.90. The number of unbranched alkanes of at least 4 members (excludes halogenated alkanes) is 1. The Hall–Kier alpha value is -1.18. The number of carbonyl (C=O) groups excluding carboxylic acids is 1. The molecule has 0 aliphatic heterocycles. The lowest BCUT2D eigenvalue weighted by atomic mass is 9.92. The summed E-state index contributed by atoms with van der Waals surface area (Å²) >= 11 is 0. The molecule has 0 bridgehead atoms. The van der Waals surface area contributed by atoms with Gasteiger partial charge in [-0.25, -0.2) is 0 Å². The molecule has 2 heteroatoms. The molecule has 1 heterocycles. The SMILES string of the molecule is CCCCc1cncc(C=O)c1C(C)C. The van der Waals surface area contributed by atoms with E-state index in [2.05, 4.69) is 25.8 Å². The Kier molecular flexibility index (Phi) is 4.47. The van der Waals surface area contributed by atoms with Crippen LogP contribution in [0.1, 0.15) is 61.0 Å². The lowest BCUT2D eigenvalue weighted by Crippen LogP contribution is -2.03. The predicted molar refractivity (Wildman–Crippen MR) is 62.3 cm³/mol. The number of nitrogens with zero attached hydrogens (tertiary/aromatic N) is 1. The minimum atomic E-state index is 0.389. The predicted octanol–water partition coefficient (Wildman–Crippen LogP) is 3.36. The van der Waals surface area contributed by atoms with Crippen molar-refractivity contribution >= 4 is 6.29 Å². The summed E-state index contributed by atoms with van der Waals surface area (Å²) in [5.74, 6) is 0.389. The Labute approximate surface area is 91.7 Å². The zero-order valence-electron chi connectivity index (χ0n) is 9.79. The first-order valence-electron chi connectivity index (χ1n) is 5.62. The Morgan fingerprint density at radius 3 is 2.67 bits per heavy atom. The highest BCUT2D eigenvalue weighted by Gasteiger charge is 2.11. The highest BCUT2D eigenvalue weighted by atomic mass is 16.1. The van der Waals surface area contributed by atoms with Gasteiger partial charge >= 0.3 is 0 Å². The van der Waals surface area contributed by atoms with Gasteiger partial charge in [0.1, 0.15) is 0 Å². The number of aryl methyl sites for hydroxylation is 1. The summed E-state index contributed by atoms with van der Waals surface area (Å²) in [6, 6.07) is 0. The first-order chi connectivity index (χ1) is 7.20. The van der Waals surface area contributed by atoms with E-state index < -0.39 is 0 Å². The van der Waals surface area contributed by atoms with E-state index in [9.17, 15) is 4.79 Å². The second-order valence-electron chi connectivity index (χ2n) is 4.18. The average Bonchev–Trinajstić information content (AvgIpc) is 2.25. The quantitative estimate of drug-likeness (QED) is 0.690. The normalized spacial score (nSPS) is 10.7. The molecule has 15 heavy (non-hydrogen) atoms. The topological polar surface area (TPSA) is 30.0 Å². The van der Waals surface area contributed by atoms with Crippen molar-refractivity contribution in [2.75, 3.05) is 0 Å². The van der Waals surface area contributed by atoms with E-state index in [0.29, 0.717) is 5.92 Å². The molecular formula is C13H19NO. The number of aromatic nitrogens is 1. The summed E-state index contributed by atoms with van der Waals surface area (Å²) in [4.78, 5) is 15.0. The monoisotopic (exact) mass is 205 g/mol. The highest BCUT2D eigenvalue weighted by molar-refractivity contribution is 5.77. The van der Waals surface area contributed by atoms with Gasteiger partial charge in [0.05, 0.1) is 0 Å². The highest BCUT2D eigenvalue weighted by Crippen LogP contribution is 2.23. The van der Waals surface area contributed by atoms with Gasteiger partial charge in [-0.3, -0.25) is 9.78 Å². The molecule has 0 radical (unpaired) electrons. The van der Waals surface area contributed by atoms with Gasteiger partial charge < -0.3 is 0 Å². The summed E-state index contributed by atoms with van der Waals surface area (Å²) in [5, 5.41) is 0. The molecular weight excluding hydrogens is 186 g/mol. The van der Waals surface area contributed by atoms with Crippen LogP contribution in [0.15, 0.2) is 12.4 Å². The van der Waals surface area contributed by atoms with Crippen molar-refractivity contribution in [3.05, 3.63) is 29.1 Å². The van der Waals surface area contributed by atoms with Crippen molar-refractivity contribution in [1.29, 1.82) is 0 Å². The van der Waals surface area contributed by atoms with Crippen LogP contribution in [0.3, 0.4) is 0 Å². The lowest BCUT2D eigenvalue weighted by molar-refractivity contribution is 0.112. The van der Waals surface area contributed by atoms with Gasteiger partial charge in [0.15, 0.2) is 6.29 Å². The first kappa shape index (κ1) is 11.9. The van der Waals surface area contributed by atoms with Gasteiger partial charge in [-0.15, -0.1) is 0 Å². The Bertz CT molecular complexity index is 331. The van der Waals surface area contributed by atoms with Crippen LogP contribution in [-0.4, -0.2) is 11.3 Å². The molecule has 0 aromatic carbocycles. The molecule has 2 nitrogen and oxygen atoms in total. The number of hydrogen-bond acceptors (Lipinski definition) is 2. The summed E-state index contributed by atoms with van der Waals surface area (Å²) in [7, 11) is 0. The van der Waals surface area contributed by atoms with Crippen molar-refractivity contribution in [3.63, 3.8) is 0 Å². The molecule has 0 aliphatic rings. The molecule has 1 rings (SSSR count). The molecule has 0 fully saturated rings. The van der Waals surface area contributed by atoms with Crippen molar-refractivity contribution < 1.29 is 4.79 Å². The molecule has 1 aromatic heterocycles. The van der Waals surface area contributed by atoms with Crippen molar-refractivity contribution in [2.24, 2.45) is 0 Å². The largest absolute Gasteiger partial charge is 0.298 e. The third-order valence-corrected chi connectivity index (χ3v) is 2.60. The van der Waals surface area contributed by atoms with E-state index in [1.54, 1.807) is 6.20 Å². The van der Waals surface area contributed by atoms with Crippen molar-refractivity contribution in [2.45, 2.75) is 46.0 Å². The Morgan fingerprint density at radius 1 is 1.40 bits per heavy atom. The van der Waals surface area contributed by atoms with E-state index in [1.807, 2.05) is 6.20 Å². The summed E-state index contributed by atoms with van der Waals surface area (Å²) in [6.07, 6.45) is 7.83. The number of aldehydes is 1. The van der Waals surface area contributed by atoms with E-state index in [-0.39, 0.29) is 0 Å². The molecule has 0 saturated heterocycles. The van der Waals surface area contributed by atoms with Crippen LogP contribution in [0.25, 0.3) is 0 Å². The van der Waals surface area contributed by atoms with Crippen LogP contribution in [-0.2, 0) is 6.42 Å². The van der Waals surface area contributed by atoms with Crippen LogP contribution >= 0.6 is 0 Å². The van der Waals surface area contributed by atoms with E-state index >= 15 is 0 Å². The summed E-state index contributed by atoms with van der Waals surface area (Å²) in [6.45, 7) is 6.42. The van der Waals surface area contributed by atoms with Crippen LogP contribution in [0.4, 0.5) is 0 Å². The molecule has 0 saturated carbocycles.